The van der Waals surface area contributed by atoms with E-state index in [1.165, 1.54) is 0 Å². The molecule has 1 aromatic rings. The average molecular weight is 360 g/mol. The molecule has 0 N–H and O–H groups in total. The summed E-state index contributed by atoms with van der Waals surface area (Å²) in [4.78, 5) is 29.1. The van der Waals surface area contributed by atoms with Crippen LogP contribution in [0.4, 0.5) is 0 Å². The number of Topliss-reactive ketones (excluding diaryl/α,β-unsaturated/α-hetero) is 1. The maximum Gasteiger partial charge on any atom is 0.222 e. The zero-order chi connectivity index (χ0) is 18.9. The van der Waals surface area contributed by atoms with E-state index >= 15 is 0 Å². The first kappa shape index (κ1) is 20.6. The van der Waals surface area contributed by atoms with E-state index in [1.54, 1.807) is 7.11 Å². The van der Waals surface area contributed by atoms with E-state index in [4.69, 9.17) is 4.74 Å². The number of benzene rings is 1. The summed E-state index contributed by atoms with van der Waals surface area (Å²) < 4.78 is 5.14. The number of amides is 1. The molecule has 0 radical (unpaired) electrons. The highest BCUT2D eigenvalue weighted by Crippen LogP contribution is 2.18. The molecular weight excluding hydrogens is 328 g/mol. The lowest BCUT2D eigenvalue weighted by Crippen LogP contribution is -2.58. The predicted octanol–water partition coefficient (Wildman–Crippen LogP) is 3.00. The van der Waals surface area contributed by atoms with E-state index < -0.39 is 0 Å². The second kappa shape index (κ2) is 10.4. The third-order valence-electron chi connectivity index (χ3n) is 5.11. The quantitative estimate of drug-likeness (QED) is 0.502. The number of carbonyl (C=O) groups excluding carboxylic acids is 2. The third-order valence-corrected chi connectivity index (χ3v) is 5.11. The minimum absolute atomic E-state index is 0.114. The van der Waals surface area contributed by atoms with Gasteiger partial charge in [-0.05, 0) is 26.7 Å². The SMILES string of the molecule is COCCCN1C(C)CN(C(=O)CCCC(=O)c2ccccc2)CC1C. The van der Waals surface area contributed by atoms with Crippen molar-refractivity contribution in [2.45, 2.75) is 51.6 Å². The van der Waals surface area contributed by atoms with Gasteiger partial charge in [0, 0.05) is 63.8 Å². The minimum atomic E-state index is 0.114. The first-order valence-corrected chi connectivity index (χ1v) is 9.63. The summed E-state index contributed by atoms with van der Waals surface area (Å²) in [5.41, 5.74) is 0.729. The van der Waals surface area contributed by atoms with Crippen molar-refractivity contribution in [1.29, 1.82) is 0 Å². The Hall–Kier alpha value is -1.72. The van der Waals surface area contributed by atoms with Gasteiger partial charge >= 0.3 is 0 Å². The fraction of sp³-hybridized carbons (Fsp3) is 0.619. The van der Waals surface area contributed by atoms with Gasteiger partial charge in [-0.25, -0.2) is 0 Å². The lowest BCUT2D eigenvalue weighted by atomic mass is 10.0. The Morgan fingerprint density at radius 3 is 2.31 bits per heavy atom. The fourth-order valence-corrected chi connectivity index (χ4v) is 3.72. The van der Waals surface area contributed by atoms with Crippen LogP contribution in [0.5, 0.6) is 0 Å². The summed E-state index contributed by atoms with van der Waals surface area (Å²) in [5, 5.41) is 0. The predicted molar refractivity (Wildman–Crippen MR) is 103 cm³/mol. The molecule has 1 aromatic carbocycles. The molecular formula is C21H32N2O3. The summed E-state index contributed by atoms with van der Waals surface area (Å²) >= 11 is 0. The van der Waals surface area contributed by atoms with Crippen LogP contribution in [0.2, 0.25) is 0 Å². The molecule has 0 aromatic heterocycles. The van der Waals surface area contributed by atoms with Crippen molar-refractivity contribution in [3.63, 3.8) is 0 Å². The van der Waals surface area contributed by atoms with Crippen LogP contribution in [0.15, 0.2) is 30.3 Å². The molecule has 1 saturated heterocycles. The van der Waals surface area contributed by atoms with Crippen LogP contribution < -0.4 is 0 Å². The van der Waals surface area contributed by atoms with Crippen LogP contribution in [0.25, 0.3) is 0 Å². The molecule has 0 saturated carbocycles. The number of piperazine rings is 1. The van der Waals surface area contributed by atoms with E-state index in [0.717, 1.165) is 38.2 Å². The normalized spacial score (nSPS) is 21.0. The van der Waals surface area contributed by atoms with Crippen molar-refractivity contribution in [1.82, 2.24) is 9.80 Å². The molecule has 2 atom stereocenters. The molecule has 1 fully saturated rings. The second-order valence-electron chi connectivity index (χ2n) is 7.22. The highest BCUT2D eigenvalue weighted by molar-refractivity contribution is 5.96. The number of hydrogen-bond donors (Lipinski definition) is 0. The van der Waals surface area contributed by atoms with Gasteiger partial charge in [0.2, 0.25) is 5.91 Å². The number of methoxy groups -OCH3 is 1. The smallest absolute Gasteiger partial charge is 0.222 e. The van der Waals surface area contributed by atoms with Crippen LogP contribution in [0.3, 0.4) is 0 Å². The van der Waals surface area contributed by atoms with Gasteiger partial charge in [0.25, 0.3) is 0 Å². The van der Waals surface area contributed by atoms with E-state index in [2.05, 4.69) is 18.7 Å². The molecule has 1 heterocycles. The Kier molecular flexibility index (Phi) is 8.26. The molecule has 26 heavy (non-hydrogen) atoms. The molecule has 0 aliphatic carbocycles. The van der Waals surface area contributed by atoms with Crippen molar-refractivity contribution < 1.29 is 14.3 Å². The van der Waals surface area contributed by atoms with E-state index in [0.29, 0.717) is 31.3 Å². The monoisotopic (exact) mass is 360 g/mol. The van der Waals surface area contributed by atoms with Gasteiger partial charge in [0.1, 0.15) is 0 Å². The number of ether oxygens (including phenoxy) is 1. The molecule has 5 nitrogen and oxygen atoms in total. The first-order valence-electron chi connectivity index (χ1n) is 9.63. The zero-order valence-electron chi connectivity index (χ0n) is 16.3. The topological polar surface area (TPSA) is 49.9 Å². The van der Waals surface area contributed by atoms with Crippen molar-refractivity contribution in [3.8, 4) is 0 Å². The van der Waals surface area contributed by atoms with Gasteiger partial charge in [0.15, 0.2) is 5.78 Å². The maximum absolute atomic E-state index is 12.6. The van der Waals surface area contributed by atoms with Gasteiger partial charge in [-0.1, -0.05) is 30.3 Å². The third kappa shape index (κ3) is 5.92. The Morgan fingerprint density at radius 1 is 1.04 bits per heavy atom. The van der Waals surface area contributed by atoms with Crippen molar-refractivity contribution in [3.05, 3.63) is 35.9 Å². The zero-order valence-corrected chi connectivity index (χ0v) is 16.3. The molecule has 144 valence electrons. The summed E-state index contributed by atoms with van der Waals surface area (Å²) in [5.74, 6) is 0.282. The number of rotatable bonds is 9. The summed E-state index contributed by atoms with van der Waals surface area (Å²) in [6, 6.07) is 10.0. The van der Waals surface area contributed by atoms with Crippen LogP contribution in [0, 0.1) is 0 Å². The van der Waals surface area contributed by atoms with Crippen LogP contribution >= 0.6 is 0 Å². The van der Waals surface area contributed by atoms with E-state index in [1.807, 2.05) is 35.2 Å². The molecule has 0 bridgehead atoms. The van der Waals surface area contributed by atoms with Crippen molar-refractivity contribution in [2.24, 2.45) is 0 Å². The Bertz CT molecular complexity index is 564. The van der Waals surface area contributed by atoms with Crippen LogP contribution in [0.1, 0.15) is 49.9 Å². The highest BCUT2D eigenvalue weighted by atomic mass is 16.5. The van der Waals surface area contributed by atoms with E-state index in [9.17, 15) is 9.59 Å². The molecule has 1 aliphatic heterocycles. The van der Waals surface area contributed by atoms with Gasteiger partial charge in [-0.15, -0.1) is 0 Å². The van der Waals surface area contributed by atoms with Gasteiger partial charge in [-0.2, -0.15) is 0 Å². The first-order chi connectivity index (χ1) is 12.5. The number of hydrogen-bond acceptors (Lipinski definition) is 4. The van der Waals surface area contributed by atoms with Crippen LogP contribution in [-0.4, -0.2) is 66.9 Å². The molecule has 0 spiro atoms. The van der Waals surface area contributed by atoms with Gasteiger partial charge in [-0.3, -0.25) is 14.5 Å². The molecule has 1 amide bonds. The second-order valence-corrected chi connectivity index (χ2v) is 7.22. The molecule has 2 unspecified atom stereocenters. The average Bonchev–Trinajstić information content (AvgIpc) is 2.64. The highest BCUT2D eigenvalue weighted by Gasteiger charge is 2.31. The Balaban J connectivity index is 1.75. The van der Waals surface area contributed by atoms with Crippen molar-refractivity contribution >= 4 is 11.7 Å². The Morgan fingerprint density at radius 2 is 1.69 bits per heavy atom. The number of ketones is 1. The van der Waals surface area contributed by atoms with Gasteiger partial charge < -0.3 is 9.64 Å². The molecule has 1 aliphatic rings. The maximum atomic E-state index is 12.6. The number of nitrogens with zero attached hydrogens (tertiary/aromatic N) is 2. The Labute approximate surface area is 157 Å². The van der Waals surface area contributed by atoms with Gasteiger partial charge in [0.05, 0.1) is 0 Å². The van der Waals surface area contributed by atoms with Crippen LogP contribution in [-0.2, 0) is 9.53 Å². The van der Waals surface area contributed by atoms with E-state index in [-0.39, 0.29) is 11.7 Å². The number of carbonyl (C=O) groups is 2. The molecule has 2 rings (SSSR count). The molecule has 5 heteroatoms. The fourth-order valence-electron chi connectivity index (χ4n) is 3.72. The summed E-state index contributed by atoms with van der Waals surface area (Å²) in [6.07, 6.45) is 2.50. The lowest BCUT2D eigenvalue weighted by Gasteiger charge is -2.44. The largest absolute Gasteiger partial charge is 0.385 e. The standard InChI is InChI=1S/C21H32N2O3/c1-17-15-22(16-18(2)23(17)13-8-14-26-3)21(25)12-7-11-20(24)19-9-5-4-6-10-19/h4-6,9-10,17-18H,7-8,11-16H2,1-3H3. The minimum Gasteiger partial charge on any atom is -0.385 e. The van der Waals surface area contributed by atoms with Crippen molar-refractivity contribution in [2.75, 3.05) is 33.4 Å². The lowest BCUT2D eigenvalue weighted by molar-refractivity contribution is -0.135. The summed E-state index contributed by atoms with van der Waals surface area (Å²) in [6.45, 7) is 7.67. The summed E-state index contributed by atoms with van der Waals surface area (Å²) in [7, 11) is 1.73.